The Bertz CT molecular complexity index is 833. The number of sulfonamides is 1. The maximum atomic E-state index is 14.1. The van der Waals surface area contributed by atoms with Gasteiger partial charge in [-0.1, -0.05) is 30.3 Å². The van der Waals surface area contributed by atoms with Crippen LogP contribution in [0.2, 0.25) is 0 Å². The molecule has 0 aromatic heterocycles. The van der Waals surface area contributed by atoms with Gasteiger partial charge in [0, 0.05) is 12.1 Å². The third-order valence-electron chi connectivity index (χ3n) is 4.40. The van der Waals surface area contributed by atoms with Gasteiger partial charge in [0.05, 0.1) is 10.9 Å². The summed E-state index contributed by atoms with van der Waals surface area (Å²) in [6.45, 7) is 4.09. The molecular formula is C18H20FNO2S. The average molecular weight is 333 g/mol. The van der Waals surface area contributed by atoms with E-state index < -0.39 is 16.1 Å². The molecule has 0 N–H and O–H groups in total. The van der Waals surface area contributed by atoms with E-state index in [9.17, 15) is 12.8 Å². The number of hydrogen-bond acceptors (Lipinski definition) is 2. The summed E-state index contributed by atoms with van der Waals surface area (Å²) in [6, 6.07) is 11.4. The van der Waals surface area contributed by atoms with E-state index in [0.29, 0.717) is 23.4 Å². The van der Waals surface area contributed by atoms with Crippen molar-refractivity contribution in [2.75, 3.05) is 6.54 Å². The first kappa shape index (κ1) is 16.1. The van der Waals surface area contributed by atoms with E-state index in [1.807, 2.05) is 19.1 Å². The highest BCUT2D eigenvalue weighted by Gasteiger charge is 2.37. The Balaban J connectivity index is 2.05. The topological polar surface area (TPSA) is 37.4 Å². The summed E-state index contributed by atoms with van der Waals surface area (Å²) >= 11 is 0. The quantitative estimate of drug-likeness (QED) is 0.852. The zero-order valence-corrected chi connectivity index (χ0v) is 14.1. The molecule has 1 aliphatic rings. The molecule has 3 nitrogen and oxygen atoms in total. The Morgan fingerprint density at radius 1 is 1.13 bits per heavy atom. The van der Waals surface area contributed by atoms with Crippen LogP contribution in [0.3, 0.4) is 0 Å². The molecule has 1 aliphatic heterocycles. The molecule has 23 heavy (non-hydrogen) atoms. The van der Waals surface area contributed by atoms with E-state index >= 15 is 0 Å². The smallest absolute Gasteiger partial charge is 0.207 e. The molecule has 0 amide bonds. The number of rotatable bonds is 3. The largest absolute Gasteiger partial charge is 0.243 e. The summed E-state index contributed by atoms with van der Waals surface area (Å²) in [5.74, 6) is -0.347. The molecule has 1 saturated heterocycles. The molecule has 1 atom stereocenters. The number of hydrogen-bond donors (Lipinski definition) is 0. The SMILES string of the molecule is Cc1ccc(C)c(S(=O)(=O)N2CCC[C@H]2c2ccccc2F)c1. The Labute approximate surface area is 136 Å². The number of aryl methyl sites for hydroxylation is 2. The lowest BCUT2D eigenvalue weighted by Crippen LogP contribution is -2.31. The van der Waals surface area contributed by atoms with Gasteiger partial charge >= 0.3 is 0 Å². The monoisotopic (exact) mass is 333 g/mol. The van der Waals surface area contributed by atoms with Crippen molar-refractivity contribution >= 4 is 10.0 Å². The second kappa shape index (κ2) is 6.06. The van der Waals surface area contributed by atoms with Crippen molar-refractivity contribution in [1.82, 2.24) is 4.31 Å². The molecule has 3 rings (SSSR count). The van der Waals surface area contributed by atoms with Crippen molar-refractivity contribution < 1.29 is 12.8 Å². The van der Waals surface area contributed by atoms with Crippen molar-refractivity contribution in [3.05, 3.63) is 65.0 Å². The Morgan fingerprint density at radius 3 is 2.61 bits per heavy atom. The van der Waals surface area contributed by atoms with Gasteiger partial charge < -0.3 is 0 Å². The predicted octanol–water partition coefficient (Wildman–Crippen LogP) is 3.97. The van der Waals surface area contributed by atoms with Crippen LogP contribution in [0.25, 0.3) is 0 Å². The van der Waals surface area contributed by atoms with E-state index in [1.54, 1.807) is 31.2 Å². The molecule has 0 unspecified atom stereocenters. The van der Waals surface area contributed by atoms with Crippen LogP contribution in [-0.2, 0) is 10.0 Å². The molecule has 2 aromatic carbocycles. The summed E-state index contributed by atoms with van der Waals surface area (Å²) in [5.41, 5.74) is 2.07. The van der Waals surface area contributed by atoms with Crippen molar-refractivity contribution in [3.8, 4) is 0 Å². The minimum Gasteiger partial charge on any atom is -0.207 e. The van der Waals surface area contributed by atoms with Crippen LogP contribution in [0.1, 0.15) is 35.6 Å². The predicted molar refractivity (Wildman–Crippen MR) is 88.2 cm³/mol. The Morgan fingerprint density at radius 2 is 1.87 bits per heavy atom. The molecule has 0 radical (unpaired) electrons. The Kier molecular flexibility index (Phi) is 4.25. The van der Waals surface area contributed by atoms with Crippen LogP contribution in [0.5, 0.6) is 0 Å². The molecule has 1 heterocycles. The summed E-state index contributed by atoms with van der Waals surface area (Å²) in [4.78, 5) is 0.320. The van der Waals surface area contributed by atoms with Gasteiger partial charge in [0.1, 0.15) is 5.82 Å². The molecule has 1 fully saturated rings. The van der Waals surface area contributed by atoms with E-state index in [2.05, 4.69) is 0 Å². The number of halogens is 1. The van der Waals surface area contributed by atoms with Gasteiger partial charge in [-0.2, -0.15) is 4.31 Å². The van der Waals surface area contributed by atoms with Crippen molar-refractivity contribution in [3.63, 3.8) is 0 Å². The lowest BCUT2D eigenvalue weighted by Gasteiger charge is -2.25. The van der Waals surface area contributed by atoms with Crippen LogP contribution in [0.15, 0.2) is 47.4 Å². The first-order valence-electron chi connectivity index (χ1n) is 7.75. The zero-order chi connectivity index (χ0) is 16.6. The van der Waals surface area contributed by atoms with Crippen molar-refractivity contribution in [2.24, 2.45) is 0 Å². The van der Waals surface area contributed by atoms with E-state index in [1.165, 1.54) is 10.4 Å². The second-order valence-corrected chi connectivity index (χ2v) is 7.92. The van der Waals surface area contributed by atoms with Crippen LogP contribution in [0, 0.1) is 19.7 Å². The van der Waals surface area contributed by atoms with Crippen LogP contribution < -0.4 is 0 Å². The molecule has 0 saturated carbocycles. The fourth-order valence-electron chi connectivity index (χ4n) is 3.20. The maximum absolute atomic E-state index is 14.1. The number of nitrogens with zero attached hydrogens (tertiary/aromatic N) is 1. The molecule has 122 valence electrons. The fraction of sp³-hybridized carbons (Fsp3) is 0.333. The van der Waals surface area contributed by atoms with E-state index in [4.69, 9.17) is 0 Å². The maximum Gasteiger partial charge on any atom is 0.243 e. The summed E-state index contributed by atoms with van der Waals surface area (Å²) < 4.78 is 41.8. The van der Waals surface area contributed by atoms with Gasteiger partial charge in [-0.05, 0) is 49.9 Å². The standard InChI is InChI=1S/C18H20FNO2S/c1-13-9-10-14(2)18(12-13)23(21,22)20-11-5-8-17(20)15-6-3-4-7-16(15)19/h3-4,6-7,9-10,12,17H,5,8,11H2,1-2H3/t17-/m0/s1. The molecule has 0 aliphatic carbocycles. The third-order valence-corrected chi connectivity index (χ3v) is 6.45. The van der Waals surface area contributed by atoms with E-state index in [-0.39, 0.29) is 5.82 Å². The van der Waals surface area contributed by atoms with Gasteiger partial charge in [-0.25, -0.2) is 12.8 Å². The van der Waals surface area contributed by atoms with Gasteiger partial charge in [0.2, 0.25) is 10.0 Å². The van der Waals surface area contributed by atoms with Crippen LogP contribution in [0.4, 0.5) is 4.39 Å². The Hall–Kier alpha value is -1.72. The van der Waals surface area contributed by atoms with Crippen LogP contribution >= 0.6 is 0 Å². The molecular weight excluding hydrogens is 313 g/mol. The molecule has 5 heteroatoms. The summed E-state index contributed by atoms with van der Waals surface area (Å²) in [7, 11) is -3.64. The molecule has 2 aromatic rings. The highest BCUT2D eigenvalue weighted by atomic mass is 32.2. The zero-order valence-electron chi connectivity index (χ0n) is 13.3. The fourth-order valence-corrected chi connectivity index (χ4v) is 5.18. The highest BCUT2D eigenvalue weighted by Crippen LogP contribution is 2.38. The van der Waals surface area contributed by atoms with Crippen molar-refractivity contribution in [1.29, 1.82) is 0 Å². The minimum atomic E-state index is -3.64. The normalized spacial score (nSPS) is 19.2. The first-order chi connectivity index (χ1) is 10.9. The lowest BCUT2D eigenvalue weighted by molar-refractivity contribution is 0.386. The summed E-state index contributed by atoms with van der Waals surface area (Å²) in [6.07, 6.45) is 1.38. The van der Waals surface area contributed by atoms with Gasteiger partial charge in [0.15, 0.2) is 0 Å². The van der Waals surface area contributed by atoms with Crippen molar-refractivity contribution in [2.45, 2.75) is 37.6 Å². The minimum absolute atomic E-state index is 0.320. The van der Waals surface area contributed by atoms with Gasteiger partial charge in [0.25, 0.3) is 0 Å². The van der Waals surface area contributed by atoms with Gasteiger partial charge in [-0.3, -0.25) is 0 Å². The average Bonchev–Trinajstić information content (AvgIpc) is 3.00. The number of benzene rings is 2. The highest BCUT2D eigenvalue weighted by molar-refractivity contribution is 7.89. The summed E-state index contributed by atoms with van der Waals surface area (Å²) in [5, 5.41) is 0. The molecule has 0 bridgehead atoms. The molecule has 0 spiro atoms. The second-order valence-electron chi connectivity index (χ2n) is 6.06. The third kappa shape index (κ3) is 2.91. The van der Waals surface area contributed by atoms with Crippen LogP contribution in [-0.4, -0.2) is 19.3 Å². The van der Waals surface area contributed by atoms with Gasteiger partial charge in [-0.15, -0.1) is 0 Å². The first-order valence-corrected chi connectivity index (χ1v) is 9.19. The van der Waals surface area contributed by atoms with E-state index in [0.717, 1.165) is 17.5 Å². The lowest BCUT2D eigenvalue weighted by atomic mass is 10.1.